The zero-order valence-corrected chi connectivity index (χ0v) is 15.6. The Balaban J connectivity index is 0.00000312. The molecule has 2 N–H and O–H groups in total. The van der Waals surface area contributed by atoms with Crippen molar-refractivity contribution < 1.29 is 14.5 Å². The molecule has 1 aromatic rings. The molecule has 0 aromatic heterocycles. The van der Waals surface area contributed by atoms with Crippen LogP contribution in [0.4, 0.5) is 5.69 Å². The van der Waals surface area contributed by atoms with E-state index in [0.29, 0.717) is 18.1 Å². The number of nitro groups is 1. The summed E-state index contributed by atoms with van der Waals surface area (Å²) in [6.07, 6.45) is 3.07. The Hall–Kier alpha value is -1.77. The Morgan fingerprint density at radius 3 is 2.92 bits per heavy atom. The topological polar surface area (TPSA) is 93.5 Å². The van der Waals surface area contributed by atoms with E-state index in [1.54, 1.807) is 12.1 Å². The van der Waals surface area contributed by atoms with Gasteiger partial charge in [0, 0.05) is 24.9 Å². The maximum atomic E-state index is 11.8. The third-order valence-electron chi connectivity index (χ3n) is 3.61. The van der Waals surface area contributed by atoms with Gasteiger partial charge in [0.1, 0.15) is 0 Å². The second-order valence-electron chi connectivity index (χ2n) is 5.35. The fraction of sp³-hybridized carbons (Fsp3) is 0.438. The van der Waals surface area contributed by atoms with E-state index in [4.69, 9.17) is 4.74 Å². The lowest BCUT2D eigenvalue weighted by Crippen LogP contribution is -2.30. The van der Waals surface area contributed by atoms with Gasteiger partial charge in [-0.2, -0.15) is 0 Å². The quantitative estimate of drug-likeness (QED) is 0.404. The smallest absolute Gasteiger partial charge is 0.311 e. The van der Waals surface area contributed by atoms with Crippen molar-refractivity contribution in [1.82, 2.24) is 10.6 Å². The van der Waals surface area contributed by atoms with Crippen molar-refractivity contribution in [1.29, 1.82) is 0 Å². The number of nitro benzene ring substituents is 1. The van der Waals surface area contributed by atoms with E-state index in [2.05, 4.69) is 16.7 Å². The minimum Gasteiger partial charge on any atom is -0.490 e. The number of methoxy groups -OCH3 is 1. The second kappa shape index (κ2) is 11.0. The fourth-order valence-electron chi connectivity index (χ4n) is 2.32. The Morgan fingerprint density at radius 2 is 2.28 bits per heavy atom. The molecule has 0 unspecified atom stereocenters. The number of ether oxygens (including phenoxy) is 1. The molecule has 0 spiro atoms. The van der Waals surface area contributed by atoms with Crippen LogP contribution in [0.25, 0.3) is 0 Å². The van der Waals surface area contributed by atoms with Crippen LogP contribution in [-0.4, -0.2) is 43.3 Å². The number of carbonyl (C=O) groups is 1. The van der Waals surface area contributed by atoms with Gasteiger partial charge in [-0.25, -0.2) is 0 Å². The highest BCUT2D eigenvalue weighted by atomic mass is 35.5. The van der Waals surface area contributed by atoms with Crippen molar-refractivity contribution in [3.05, 3.63) is 45.5 Å². The predicted molar refractivity (Wildman–Crippen MR) is 102 cm³/mol. The number of hydrogen-bond donors (Lipinski definition) is 2. The normalized spacial score (nSPS) is 13.4. The van der Waals surface area contributed by atoms with Crippen molar-refractivity contribution >= 4 is 35.8 Å². The van der Waals surface area contributed by atoms with Gasteiger partial charge in [-0.15, -0.1) is 24.2 Å². The van der Waals surface area contributed by atoms with Gasteiger partial charge < -0.3 is 15.4 Å². The molecule has 0 atom stereocenters. The lowest BCUT2D eigenvalue weighted by atomic mass is 10.1. The van der Waals surface area contributed by atoms with E-state index in [-0.39, 0.29) is 29.8 Å². The van der Waals surface area contributed by atoms with Gasteiger partial charge in [0.2, 0.25) is 5.91 Å². The molecule has 7 nitrogen and oxygen atoms in total. The molecule has 0 saturated heterocycles. The van der Waals surface area contributed by atoms with Crippen LogP contribution in [0.5, 0.6) is 5.75 Å². The van der Waals surface area contributed by atoms with Crippen LogP contribution in [0.1, 0.15) is 12.0 Å². The molecular formula is C16H22ClN3O4S. The SMILES string of the molecule is COc1ccc(CSCC(=O)NCC2=CCNCC2)cc1[N+](=O)[O-].Cl. The average Bonchev–Trinajstić information content (AvgIpc) is 2.60. The summed E-state index contributed by atoms with van der Waals surface area (Å²) < 4.78 is 4.97. The Bertz CT molecular complexity index is 640. The number of carbonyl (C=O) groups excluding carboxylic acids is 1. The lowest BCUT2D eigenvalue weighted by molar-refractivity contribution is -0.385. The summed E-state index contributed by atoms with van der Waals surface area (Å²) in [6, 6.07) is 4.85. The molecule has 1 aliphatic rings. The number of thioether (sulfide) groups is 1. The summed E-state index contributed by atoms with van der Waals surface area (Å²) in [4.78, 5) is 22.4. The first-order valence-electron chi connectivity index (χ1n) is 7.64. The summed E-state index contributed by atoms with van der Waals surface area (Å²) in [5.41, 5.74) is 1.98. The number of rotatable bonds is 8. The second-order valence-corrected chi connectivity index (χ2v) is 6.33. The zero-order chi connectivity index (χ0) is 17.4. The molecule has 1 heterocycles. The number of amides is 1. The largest absolute Gasteiger partial charge is 0.490 e. The van der Waals surface area contributed by atoms with Crippen LogP contribution >= 0.6 is 24.2 Å². The molecule has 0 aliphatic carbocycles. The van der Waals surface area contributed by atoms with E-state index in [9.17, 15) is 14.9 Å². The van der Waals surface area contributed by atoms with E-state index in [1.165, 1.54) is 30.5 Å². The number of hydrogen-bond acceptors (Lipinski definition) is 6. The van der Waals surface area contributed by atoms with Crippen molar-refractivity contribution in [2.75, 3.05) is 32.5 Å². The summed E-state index contributed by atoms with van der Waals surface area (Å²) in [7, 11) is 1.40. The maximum Gasteiger partial charge on any atom is 0.311 e. The average molecular weight is 388 g/mol. The van der Waals surface area contributed by atoms with Gasteiger partial charge in [0.15, 0.2) is 5.75 Å². The summed E-state index contributed by atoms with van der Waals surface area (Å²) in [5, 5.41) is 17.1. The van der Waals surface area contributed by atoms with Gasteiger partial charge in [-0.1, -0.05) is 17.7 Å². The van der Waals surface area contributed by atoms with E-state index in [1.807, 2.05) is 0 Å². The Kier molecular flexibility index (Phi) is 9.33. The van der Waals surface area contributed by atoms with Crippen LogP contribution in [-0.2, 0) is 10.5 Å². The van der Waals surface area contributed by atoms with Crippen LogP contribution in [0.2, 0.25) is 0 Å². The van der Waals surface area contributed by atoms with Crippen molar-refractivity contribution in [2.45, 2.75) is 12.2 Å². The van der Waals surface area contributed by atoms with Crippen molar-refractivity contribution in [3.8, 4) is 5.75 Å². The molecule has 2 rings (SSSR count). The van der Waals surface area contributed by atoms with Crippen LogP contribution < -0.4 is 15.4 Å². The first-order valence-corrected chi connectivity index (χ1v) is 8.80. The summed E-state index contributed by atoms with van der Waals surface area (Å²) in [5.74, 6) is 1.07. The number of benzene rings is 1. The molecule has 0 saturated carbocycles. The molecule has 1 aliphatic heterocycles. The van der Waals surface area contributed by atoms with Gasteiger partial charge >= 0.3 is 5.69 Å². The molecule has 1 aromatic carbocycles. The van der Waals surface area contributed by atoms with E-state index >= 15 is 0 Å². The highest BCUT2D eigenvalue weighted by Gasteiger charge is 2.15. The van der Waals surface area contributed by atoms with E-state index in [0.717, 1.165) is 25.1 Å². The standard InChI is InChI=1S/C16H21N3O4S.ClH/c1-23-15-3-2-13(8-14(15)19(21)22)10-24-11-16(20)18-9-12-4-6-17-7-5-12;/h2-4,8,17H,5-7,9-11H2,1H3,(H,18,20);1H. The first-order chi connectivity index (χ1) is 11.6. The third kappa shape index (κ3) is 6.93. The number of nitrogens with one attached hydrogen (secondary N) is 2. The summed E-state index contributed by atoms with van der Waals surface area (Å²) >= 11 is 1.43. The molecule has 0 bridgehead atoms. The van der Waals surface area contributed by atoms with Crippen LogP contribution in [0, 0.1) is 10.1 Å². The predicted octanol–water partition coefficient (Wildman–Crippen LogP) is 2.29. The Morgan fingerprint density at radius 1 is 1.48 bits per heavy atom. The van der Waals surface area contributed by atoms with Crippen LogP contribution in [0.3, 0.4) is 0 Å². The third-order valence-corrected chi connectivity index (χ3v) is 4.62. The lowest BCUT2D eigenvalue weighted by Gasteiger charge is -2.14. The Labute approximate surface area is 157 Å². The highest BCUT2D eigenvalue weighted by Crippen LogP contribution is 2.28. The van der Waals surface area contributed by atoms with Gasteiger partial charge in [0.05, 0.1) is 17.8 Å². The van der Waals surface area contributed by atoms with Gasteiger partial charge in [0.25, 0.3) is 0 Å². The zero-order valence-electron chi connectivity index (χ0n) is 13.9. The molecule has 0 fully saturated rings. The molecule has 0 radical (unpaired) electrons. The fourth-order valence-corrected chi connectivity index (χ4v) is 3.13. The van der Waals surface area contributed by atoms with Crippen molar-refractivity contribution in [3.63, 3.8) is 0 Å². The number of nitrogens with zero attached hydrogens (tertiary/aromatic N) is 1. The van der Waals surface area contributed by atoms with Crippen LogP contribution in [0.15, 0.2) is 29.8 Å². The molecular weight excluding hydrogens is 366 g/mol. The van der Waals surface area contributed by atoms with Crippen molar-refractivity contribution in [2.24, 2.45) is 0 Å². The first kappa shape index (κ1) is 21.3. The monoisotopic (exact) mass is 387 g/mol. The van der Waals surface area contributed by atoms with E-state index < -0.39 is 4.92 Å². The molecule has 1 amide bonds. The molecule has 9 heteroatoms. The summed E-state index contributed by atoms with van der Waals surface area (Å²) in [6.45, 7) is 2.40. The maximum absolute atomic E-state index is 11.8. The minimum atomic E-state index is -0.466. The molecule has 25 heavy (non-hydrogen) atoms. The van der Waals surface area contributed by atoms with Gasteiger partial charge in [-0.05, 0) is 24.6 Å². The molecule has 138 valence electrons. The number of halogens is 1. The highest BCUT2D eigenvalue weighted by molar-refractivity contribution is 7.99. The minimum absolute atomic E-state index is 0. The van der Waals surface area contributed by atoms with Gasteiger partial charge in [-0.3, -0.25) is 14.9 Å².